The van der Waals surface area contributed by atoms with Gasteiger partial charge in [0.25, 0.3) is 11.5 Å². The molecule has 3 aromatic heterocycles. The predicted molar refractivity (Wildman–Crippen MR) is 135 cm³/mol. The number of unbranched alkanes of at least 4 members (excludes halogenated alkanes) is 1. The van der Waals surface area contributed by atoms with Gasteiger partial charge in [-0.2, -0.15) is 4.99 Å². The average Bonchev–Trinajstić information content (AvgIpc) is 2.88. The van der Waals surface area contributed by atoms with Gasteiger partial charge in [-0.1, -0.05) is 25.5 Å². The second kappa shape index (κ2) is 10.6. The number of amides is 1. The van der Waals surface area contributed by atoms with E-state index in [0.29, 0.717) is 29.2 Å². The molecule has 0 fully saturated rings. The van der Waals surface area contributed by atoms with E-state index in [0.717, 1.165) is 18.4 Å². The van der Waals surface area contributed by atoms with Crippen molar-refractivity contribution < 1.29 is 19.1 Å². The first kappa shape index (κ1) is 24.8. The number of benzene rings is 1. The van der Waals surface area contributed by atoms with E-state index in [-0.39, 0.29) is 28.6 Å². The maximum atomic E-state index is 13.5. The molecule has 0 atom stereocenters. The Morgan fingerprint density at radius 1 is 1.08 bits per heavy atom. The van der Waals surface area contributed by atoms with Gasteiger partial charge in [0.1, 0.15) is 22.6 Å². The Labute approximate surface area is 207 Å². The predicted octanol–water partition coefficient (Wildman–Crippen LogP) is 3.68. The van der Waals surface area contributed by atoms with E-state index >= 15 is 0 Å². The minimum atomic E-state index is -0.671. The summed E-state index contributed by atoms with van der Waals surface area (Å²) in [6.07, 6.45) is 3.20. The lowest BCUT2D eigenvalue weighted by molar-refractivity contribution is 0.0523. The smallest absolute Gasteiger partial charge is 0.341 e. The normalized spacial score (nSPS) is 11.7. The van der Waals surface area contributed by atoms with Crippen LogP contribution in [0.3, 0.4) is 0 Å². The second-order valence-corrected chi connectivity index (χ2v) is 8.30. The first-order valence-electron chi connectivity index (χ1n) is 11.8. The van der Waals surface area contributed by atoms with Crippen LogP contribution >= 0.6 is 0 Å². The van der Waals surface area contributed by atoms with Crippen molar-refractivity contribution in [1.29, 1.82) is 0 Å². The van der Waals surface area contributed by atoms with Crippen molar-refractivity contribution in [1.82, 2.24) is 14.0 Å². The number of nitrogens with zero attached hydrogens (tertiary/aromatic N) is 4. The van der Waals surface area contributed by atoms with Crippen molar-refractivity contribution in [3.05, 3.63) is 81.2 Å². The van der Waals surface area contributed by atoms with E-state index in [4.69, 9.17) is 14.5 Å². The molecule has 0 spiro atoms. The molecule has 9 heteroatoms. The molecule has 1 aromatic carbocycles. The molecule has 0 aliphatic heterocycles. The Morgan fingerprint density at radius 3 is 2.61 bits per heavy atom. The quantitative estimate of drug-likeness (QED) is 0.290. The van der Waals surface area contributed by atoms with Gasteiger partial charge >= 0.3 is 5.97 Å². The summed E-state index contributed by atoms with van der Waals surface area (Å²) >= 11 is 0. The second-order valence-electron chi connectivity index (χ2n) is 8.30. The number of hydrogen-bond acceptors (Lipinski definition) is 6. The van der Waals surface area contributed by atoms with Gasteiger partial charge in [-0.05, 0) is 56.2 Å². The molecule has 3 heterocycles. The number of fused-ring (bicyclic) bond motifs is 2. The van der Waals surface area contributed by atoms with E-state index < -0.39 is 11.9 Å². The molecule has 0 N–H and O–H groups in total. The van der Waals surface area contributed by atoms with E-state index in [1.807, 2.05) is 19.9 Å². The van der Waals surface area contributed by atoms with Gasteiger partial charge in [0, 0.05) is 18.3 Å². The van der Waals surface area contributed by atoms with Gasteiger partial charge in [0.05, 0.1) is 19.1 Å². The Kier molecular flexibility index (Phi) is 7.28. The van der Waals surface area contributed by atoms with Crippen molar-refractivity contribution in [2.75, 3.05) is 13.7 Å². The number of esters is 1. The van der Waals surface area contributed by atoms with Crippen LogP contribution in [0, 0.1) is 6.92 Å². The lowest BCUT2D eigenvalue weighted by Gasteiger charge is -2.15. The maximum Gasteiger partial charge on any atom is 0.341 e. The molecule has 0 saturated carbocycles. The van der Waals surface area contributed by atoms with Gasteiger partial charge in [-0.3, -0.25) is 14.0 Å². The summed E-state index contributed by atoms with van der Waals surface area (Å²) in [6, 6.07) is 11.7. The Hall–Kier alpha value is -4.27. The number of ether oxygens (including phenoxy) is 2. The molecule has 9 nitrogen and oxygen atoms in total. The summed E-state index contributed by atoms with van der Waals surface area (Å²) < 4.78 is 13.6. The van der Waals surface area contributed by atoms with Crippen LogP contribution in [-0.2, 0) is 11.3 Å². The van der Waals surface area contributed by atoms with Crippen molar-refractivity contribution in [2.24, 2.45) is 4.99 Å². The number of rotatable bonds is 7. The van der Waals surface area contributed by atoms with Gasteiger partial charge in [0.15, 0.2) is 5.49 Å². The Balaban J connectivity index is 2.12. The largest absolute Gasteiger partial charge is 0.497 e. The topological polar surface area (TPSA) is 104 Å². The third-order valence-corrected chi connectivity index (χ3v) is 5.86. The van der Waals surface area contributed by atoms with Crippen LogP contribution in [0.2, 0.25) is 0 Å². The molecular weight excluding hydrogens is 460 g/mol. The monoisotopic (exact) mass is 488 g/mol. The van der Waals surface area contributed by atoms with Crippen molar-refractivity contribution >= 4 is 28.6 Å². The summed E-state index contributed by atoms with van der Waals surface area (Å²) in [5.41, 5.74) is 1.78. The van der Waals surface area contributed by atoms with Crippen LogP contribution in [-0.4, -0.2) is 39.5 Å². The zero-order valence-electron chi connectivity index (χ0n) is 20.8. The summed E-state index contributed by atoms with van der Waals surface area (Å²) in [4.78, 5) is 48.9. The third-order valence-electron chi connectivity index (χ3n) is 5.86. The molecular formula is C27H28N4O5. The van der Waals surface area contributed by atoms with Crippen LogP contribution in [0.25, 0.3) is 16.7 Å². The fraction of sp³-hybridized carbons (Fsp3) is 0.296. The van der Waals surface area contributed by atoms with E-state index in [9.17, 15) is 14.4 Å². The highest BCUT2D eigenvalue weighted by Gasteiger charge is 2.20. The van der Waals surface area contributed by atoms with E-state index in [1.54, 1.807) is 48.0 Å². The van der Waals surface area contributed by atoms with Gasteiger partial charge < -0.3 is 14.0 Å². The Morgan fingerprint density at radius 2 is 1.89 bits per heavy atom. The lowest BCUT2D eigenvalue weighted by Crippen LogP contribution is -2.33. The first-order chi connectivity index (χ1) is 17.4. The number of hydrogen-bond donors (Lipinski definition) is 0. The summed E-state index contributed by atoms with van der Waals surface area (Å²) in [5.74, 6) is -0.719. The average molecular weight is 489 g/mol. The molecule has 0 radical (unpaired) electrons. The van der Waals surface area contributed by atoms with Crippen LogP contribution < -0.4 is 15.8 Å². The number of aromatic nitrogens is 3. The van der Waals surface area contributed by atoms with Gasteiger partial charge in [0.2, 0.25) is 0 Å². The van der Waals surface area contributed by atoms with Crippen LogP contribution in [0.15, 0.2) is 58.4 Å². The van der Waals surface area contributed by atoms with Crippen molar-refractivity contribution in [3.8, 4) is 5.75 Å². The molecule has 4 aromatic rings. The molecule has 0 saturated heterocycles. The van der Waals surface area contributed by atoms with E-state index in [2.05, 4.69) is 4.99 Å². The minimum absolute atomic E-state index is 0.0307. The van der Waals surface area contributed by atoms with Crippen LogP contribution in [0.4, 0.5) is 0 Å². The standard InChI is InChI=1S/C27H28N4O5/c1-5-7-13-30-23-20(26(33)31-14-9-10-17(3)22(31)28-23)16-21(27(34)36-6-2)24(30)29-25(32)18-11-8-12-19(15-18)35-4/h8-12,14-16H,5-7,13H2,1-4H3. The Bertz CT molecular complexity index is 1600. The molecule has 4 rings (SSSR count). The summed E-state index contributed by atoms with van der Waals surface area (Å²) in [7, 11) is 1.51. The van der Waals surface area contributed by atoms with Crippen LogP contribution in [0.5, 0.6) is 5.75 Å². The van der Waals surface area contributed by atoms with Gasteiger partial charge in [-0.15, -0.1) is 0 Å². The molecule has 0 bridgehead atoms. The number of methoxy groups -OCH3 is 1. The summed E-state index contributed by atoms with van der Waals surface area (Å²) in [6.45, 7) is 6.11. The van der Waals surface area contributed by atoms with Crippen molar-refractivity contribution in [3.63, 3.8) is 0 Å². The fourth-order valence-electron chi connectivity index (χ4n) is 4.01. The number of carbonyl (C=O) groups excluding carboxylic acids is 2. The molecule has 0 aliphatic rings. The fourth-order valence-corrected chi connectivity index (χ4v) is 4.01. The number of pyridine rings is 2. The highest BCUT2D eigenvalue weighted by atomic mass is 16.5. The lowest BCUT2D eigenvalue weighted by atomic mass is 10.1. The van der Waals surface area contributed by atoms with E-state index in [1.165, 1.54) is 17.6 Å². The molecule has 1 amide bonds. The van der Waals surface area contributed by atoms with Crippen molar-refractivity contribution in [2.45, 2.75) is 40.2 Å². The molecule has 36 heavy (non-hydrogen) atoms. The zero-order valence-corrected chi connectivity index (χ0v) is 20.8. The number of aryl methyl sites for hydroxylation is 2. The number of carbonyl (C=O) groups is 2. The first-order valence-corrected chi connectivity index (χ1v) is 11.8. The maximum absolute atomic E-state index is 13.5. The third kappa shape index (κ3) is 4.64. The minimum Gasteiger partial charge on any atom is -0.497 e. The molecule has 0 unspecified atom stereocenters. The highest BCUT2D eigenvalue weighted by molar-refractivity contribution is 5.97. The highest BCUT2D eigenvalue weighted by Crippen LogP contribution is 2.16. The van der Waals surface area contributed by atoms with Gasteiger partial charge in [-0.25, -0.2) is 9.78 Å². The van der Waals surface area contributed by atoms with Crippen LogP contribution in [0.1, 0.15) is 53.0 Å². The summed E-state index contributed by atoms with van der Waals surface area (Å²) in [5, 5.41) is 0.241. The molecule has 186 valence electrons. The zero-order chi connectivity index (χ0) is 25.8. The molecule has 0 aliphatic carbocycles. The SMILES string of the molecule is CCCCn1c(=NC(=O)c2cccc(OC)c2)c(C(=O)OCC)cc2c(=O)n3cccc(C)c3nc21.